The maximum atomic E-state index is 12.9. The topological polar surface area (TPSA) is 73.0 Å². The smallest absolute Gasteiger partial charge is 0.304 e. The summed E-state index contributed by atoms with van der Waals surface area (Å²) in [6, 6.07) is 13.7. The third-order valence-electron chi connectivity index (χ3n) is 5.56. The second-order valence-corrected chi connectivity index (χ2v) is 10.3. The molecule has 1 heterocycles. The Morgan fingerprint density at radius 1 is 1.03 bits per heavy atom. The number of carbonyl (C=O) groups excluding carboxylic acids is 1. The van der Waals surface area contributed by atoms with Crippen molar-refractivity contribution < 1.29 is 13.2 Å². The number of nitrogens with zero attached hydrogens (tertiary/aromatic N) is 3. The van der Waals surface area contributed by atoms with E-state index in [0.29, 0.717) is 12.2 Å². The van der Waals surface area contributed by atoms with Crippen LogP contribution in [0.15, 0.2) is 42.5 Å². The molecule has 8 heteroatoms. The molecule has 1 saturated heterocycles. The minimum Gasteiger partial charge on any atom is -0.372 e. The molecule has 2 aromatic rings. The Kier molecular flexibility index (Phi) is 7.23. The molecule has 1 fully saturated rings. The average molecular weight is 445 g/mol. The Morgan fingerprint density at radius 3 is 2.29 bits per heavy atom. The van der Waals surface area contributed by atoms with E-state index in [1.165, 1.54) is 36.9 Å². The minimum absolute atomic E-state index is 0.281. The van der Waals surface area contributed by atoms with Gasteiger partial charge in [0, 0.05) is 39.4 Å². The van der Waals surface area contributed by atoms with Gasteiger partial charge in [0.2, 0.25) is 5.91 Å². The fourth-order valence-corrected chi connectivity index (χ4v) is 4.78. The van der Waals surface area contributed by atoms with Gasteiger partial charge in [-0.3, -0.25) is 4.79 Å². The zero-order chi connectivity index (χ0) is 22.6. The number of carbonyl (C=O) groups is 1. The molecule has 1 amide bonds. The lowest BCUT2D eigenvalue weighted by atomic mass is 10.1. The number of hydrogen-bond acceptors (Lipinski definition) is 4. The molecule has 0 aliphatic carbocycles. The number of aryl methyl sites for hydroxylation is 2. The predicted molar refractivity (Wildman–Crippen MR) is 126 cm³/mol. The quantitative estimate of drug-likeness (QED) is 0.680. The van der Waals surface area contributed by atoms with Crippen molar-refractivity contribution in [2.45, 2.75) is 33.2 Å². The summed E-state index contributed by atoms with van der Waals surface area (Å²) in [6.07, 6.45) is 2.45. The highest BCUT2D eigenvalue weighted by Crippen LogP contribution is 2.25. The molecule has 0 bridgehead atoms. The summed E-state index contributed by atoms with van der Waals surface area (Å²) in [5.41, 5.74) is 4.41. The zero-order valence-electron chi connectivity index (χ0n) is 18.8. The van der Waals surface area contributed by atoms with Gasteiger partial charge in [0.25, 0.3) is 0 Å². The highest BCUT2D eigenvalue weighted by Gasteiger charge is 2.28. The maximum Gasteiger partial charge on any atom is 0.304 e. The van der Waals surface area contributed by atoms with Crippen LogP contribution in [0, 0.1) is 13.8 Å². The van der Waals surface area contributed by atoms with E-state index in [0.717, 1.165) is 34.1 Å². The van der Waals surface area contributed by atoms with Crippen LogP contribution in [0.2, 0.25) is 0 Å². The molecule has 1 aliphatic heterocycles. The van der Waals surface area contributed by atoms with Crippen molar-refractivity contribution in [2.24, 2.45) is 0 Å². The molecule has 0 atom stereocenters. The van der Waals surface area contributed by atoms with Crippen molar-refractivity contribution in [3.63, 3.8) is 0 Å². The van der Waals surface area contributed by atoms with E-state index in [4.69, 9.17) is 0 Å². The molecule has 0 spiro atoms. The van der Waals surface area contributed by atoms with Gasteiger partial charge in [0.1, 0.15) is 6.54 Å². The van der Waals surface area contributed by atoms with Crippen LogP contribution >= 0.6 is 0 Å². The monoisotopic (exact) mass is 444 g/mol. The first-order valence-corrected chi connectivity index (χ1v) is 12.0. The third kappa shape index (κ3) is 5.57. The number of amides is 1. The fraction of sp³-hybridized carbons (Fsp3) is 0.435. The second kappa shape index (κ2) is 9.70. The Hall–Kier alpha value is -2.58. The van der Waals surface area contributed by atoms with Crippen LogP contribution in [0.25, 0.3) is 0 Å². The third-order valence-corrected chi connectivity index (χ3v) is 7.36. The van der Waals surface area contributed by atoms with Gasteiger partial charge in [-0.2, -0.15) is 12.7 Å². The van der Waals surface area contributed by atoms with Crippen LogP contribution in [-0.4, -0.2) is 52.4 Å². The summed E-state index contributed by atoms with van der Waals surface area (Å²) in [5, 5.41) is 2.86. The lowest BCUT2D eigenvalue weighted by Crippen LogP contribution is -2.46. The van der Waals surface area contributed by atoms with Crippen molar-refractivity contribution in [3.8, 4) is 0 Å². The van der Waals surface area contributed by atoms with Crippen molar-refractivity contribution >= 4 is 27.5 Å². The number of hydrogen-bond donors (Lipinski definition) is 1. The van der Waals surface area contributed by atoms with Crippen molar-refractivity contribution in [2.75, 3.05) is 42.9 Å². The van der Waals surface area contributed by atoms with Crippen molar-refractivity contribution in [1.29, 1.82) is 0 Å². The largest absolute Gasteiger partial charge is 0.372 e. The molecule has 7 nitrogen and oxygen atoms in total. The molecule has 31 heavy (non-hydrogen) atoms. The molecule has 0 aromatic heterocycles. The van der Waals surface area contributed by atoms with Crippen LogP contribution in [0.3, 0.4) is 0 Å². The number of nitrogens with one attached hydrogen (secondary N) is 1. The van der Waals surface area contributed by atoms with E-state index < -0.39 is 10.2 Å². The van der Waals surface area contributed by atoms with Crippen LogP contribution in [-0.2, 0) is 21.5 Å². The first kappa shape index (κ1) is 23.1. The summed E-state index contributed by atoms with van der Waals surface area (Å²) >= 11 is 0. The molecule has 2 aromatic carbocycles. The summed E-state index contributed by atoms with van der Waals surface area (Å²) in [6.45, 7) is 5.98. The number of benzene rings is 2. The molecular formula is C23H32N4O3S. The van der Waals surface area contributed by atoms with Crippen LogP contribution in [0.1, 0.15) is 29.5 Å². The molecule has 3 rings (SSSR count). The van der Waals surface area contributed by atoms with Gasteiger partial charge >= 0.3 is 10.2 Å². The summed E-state index contributed by atoms with van der Waals surface area (Å²) in [5.74, 6) is -0.352. The predicted octanol–water partition coefficient (Wildman–Crippen LogP) is 2.83. The second-order valence-electron chi connectivity index (χ2n) is 8.22. The van der Waals surface area contributed by atoms with E-state index in [2.05, 4.69) is 22.3 Å². The number of anilines is 2. The van der Waals surface area contributed by atoms with Gasteiger partial charge in [-0.25, -0.2) is 4.31 Å². The van der Waals surface area contributed by atoms with E-state index >= 15 is 0 Å². The van der Waals surface area contributed by atoms with E-state index in [1.54, 1.807) is 6.07 Å². The first-order valence-electron chi connectivity index (χ1n) is 10.6. The highest BCUT2D eigenvalue weighted by atomic mass is 32.2. The van der Waals surface area contributed by atoms with Gasteiger partial charge in [0.15, 0.2) is 0 Å². The Balaban J connectivity index is 1.70. The lowest BCUT2D eigenvalue weighted by molar-refractivity contribution is -0.119. The minimum atomic E-state index is -3.82. The molecule has 0 unspecified atom stereocenters. The van der Waals surface area contributed by atoms with Crippen molar-refractivity contribution in [3.05, 3.63) is 59.2 Å². The fourth-order valence-electron chi connectivity index (χ4n) is 3.66. The normalized spacial score (nSPS) is 14.2. The summed E-state index contributed by atoms with van der Waals surface area (Å²) < 4.78 is 28.2. The molecular weight excluding hydrogens is 412 g/mol. The average Bonchev–Trinajstić information content (AvgIpc) is 3.27. The van der Waals surface area contributed by atoms with Crippen LogP contribution < -0.4 is 14.5 Å². The van der Waals surface area contributed by atoms with Crippen molar-refractivity contribution in [1.82, 2.24) is 9.62 Å². The SMILES string of the molecule is Cc1ccc(C)c(N(CC(=O)NCc2ccc(N3CCCC3)cc2)S(=O)(=O)N(C)C)c1. The molecule has 0 radical (unpaired) electrons. The Bertz CT molecular complexity index is 1010. The van der Waals surface area contributed by atoms with Gasteiger partial charge in [-0.05, 0) is 61.6 Å². The Morgan fingerprint density at radius 2 is 1.68 bits per heavy atom. The van der Waals surface area contributed by atoms with Crippen LogP contribution in [0.4, 0.5) is 11.4 Å². The zero-order valence-corrected chi connectivity index (χ0v) is 19.6. The lowest BCUT2D eigenvalue weighted by Gasteiger charge is -2.28. The summed E-state index contributed by atoms with van der Waals surface area (Å²) in [4.78, 5) is 15.1. The maximum absolute atomic E-state index is 12.9. The van der Waals surface area contributed by atoms with Gasteiger partial charge in [-0.15, -0.1) is 0 Å². The van der Waals surface area contributed by atoms with E-state index in [-0.39, 0.29) is 12.5 Å². The van der Waals surface area contributed by atoms with Crippen LogP contribution in [0.5, 0.6) is 0 Å². The molecule has 1 aliphatic rings. The molecule has 1 N–H and O–H groups in total. The Labute approximate surface area is 185 Å². The standard InChI is InChI=1S/C23H32N4O3S/c1-18-7-8-19(2)22(15-18)27(31(29,30)25(3)4)17-23(28)24-16-20-9-11-21(12-10-20)26-13-5-6-14-26/h7-12,15H,5-6,13-14,16-17H2,1-4H3,(H,24,28). The number of rotatable bonds is 8. The van der Waals surface area contributed by atoms with Gasteiger partial charge < -0.3 is 10.2 Å². The highest BCUT2D eigenvalue weighted by molar-refractivity contribution is 7.90. The van der Waals surface area contributed by atoms with E-state index in [9.17, 15) is 13.2 Å². The van der Waals surface area contributed by atoms with E-state index in [1.807, 2.05) is 38.1 Å². The molecule has 0 saturated carbocycles. The first-order chi connectivity index (χ1) is 14.7. The molecule has 168 valence electrons. The van der Waals surface area contributed by atoms with Gasteiger partial charge in [0.05, 0.1) is 5.69 Å². The summed E-state index contributed by atoms with van der Waals surface area (Å²) in [7, 11) is -0.893. The van der Waals surface area contributed by atoms with Gasteiger partial charge in [-0.1, -0.05) is 24.3 Å².